The van der Waals surface area contributed by atoms with Gasteiger partial charge in [0.1, 0.15) is 10.8 Å². The quantitative estimate of drug-likeness (QED) is 0.726. The number of benzene rings is 1. The van der Waals surface area contributed by atoms with Crippen LogP contribution in [0.5, 0.6) is 5.75 Å². The van der Waals surface area contributed by atoms with Gasteiger partial charge in [0.2, 0.25) is 5.91 Å². The van der Waals surface area contributed by atoms with Crippen molar-refractivity contribution in [2.75, 3.05) is 37.4 Å². The fourth-order valence-corrected chi connectivity index (χ4v) is 5.70. The molecule has 1 saturated heterocycles. The summed E-state index contributed by atoms with van der Waals surface area (Å²) >= 11 is 1.55. The van der Waals surface area contributed by atoms with Crippen molar-refractivity contribution in [3.8, 4) is 5.75 Å². The number of rotatable bonds is 6. The normalized spacial score (nSPS) is 18.7. The van der Waals surface area contributed by atoms with Crippen LogP contribution in [-0.4, -0.2) is 43.5 Å². The maximum atomic E-state index is 13.1. The second kappa shape index (κ2) is 9.18. The SMILES string of the molecule is COc1ccc(NC(=O)c2c(NC(=O)CN3CCC[C@H](C)C3)sc3c2CCC3)cc1. The van der Waals surface area contributed by atoms with Crippen LogP contribution in [0.25, 0.3) is 0 Å². The lowest BCUT2D eigenvalue weighted by Gasteiger charge is -2.30. The maximum Gasteiger partial charge on any atom is 0.258 e. The summed E-state index contributed by atoms with van der Waals surface area (Å²) in [7, 11) is 1.61. The van der Waals surface area contributed by atoms with Crippen molar-refractivity contribution < 1.29 is 14.3 Å². The number of carbonyl (C=O) groups excluding carboxylic acids is 2. The highest BCUT2D eigenvalue weighted by molar-refractivity contribution is 7.17. The van der Waals surface area contributed by atoms with E-state index in [0.717, 1.165) is 50.1 Å². The zero-order chi connectivity index (χ0) is 21.1. The predicted molar refractivity (Wildman–Crippen MR) is 121 cm³/mol. The fourth-order valence-electron chi connectivity index (χ4n) is 4.40. The molecule has 160 valence electrons. The number of thiophene rings is 1. The summed E-state index contributed by atoms with van der Waals surface area (Å²) in [6, 6.07) is 7.27. The van der Waals surface area contributed by atoms with Gasteiger partial charge in [-0.15, -0.1) is 11.3 Å². The Kier molecular flexibility index (Phi) is 6.39. The number of fused-ring (bicyclic) bond motifs is 1. The van der Waals surface area contributed by atoms with E-state index in [4.69, 9.17) is 4.74 Å². The molecule has 2 aliphatic rings. The van der Waals surface area contributed by atoms with Gasteiger partial charge in [0.25, 0.3) is 5.91 Å². The van der Waals surface area contributed by atoms with Gasteiger partial charge in [0, 0.05) is 17.1 Å². The number of anilines is 2. The van der Waals surface area contributed by atoms with Crippen molar-refractivity contribution in [2.24, 2.45) is 5.92 Å². The lowest BCUT2D eigenvalue weighted by atomic mass is 10.0. The van der Waals surface area contributed by atoms with Gasteiger partial charge in [-0.1, -0.05) is 6.92 Å². The average Bonchev–Trinajstić information content (AvgIpc) is 3.29. The number of nitrogens with zero attached hydrogens (tertiary/aromatic N) is 1. The number of carbonyl (C=O) groups is 2. The van der Waals surface area contributed by atoms with Gasteiger partial charge >= 0.3 is 0 Å². The van der Waals surface area contributed by atoms with Crippen LogP contribution in [0.4, 0.5) is 10.7 Å². The minimum Gasteiger partial charge on any atom is -0.497 e. The van der Waals surface area contributed by atoms with Crippen molar-refractivity contribution in [1.29, 1.82) is 0 Å². The minimum absolute atomic E-state index is 0.0393. The fraction of sp³-hybridized carbons (Fsp3) is 0.478. The number of likely N-dealkylation sites (tertiary alicyclic amines) is 1. The molecule has 0 radical (unpaired) electrons. The topological polar surface area (TPSA) is 70.7 Å². The Balaban J connectivity index is 1.48. The molecule has 2 aromatic rings. The average molecular weight is 428 g/mol. The minimum atomic E-state index is -0.165. The van der Waals surface area contributed by atoms with Gasteiger partial charge in [-0.2, -0.15) is 0 Å². The summed E-state index contributed by atoms with van der Waals surface area (Å²) in [6.07, 6.45) is 5.28. The molecule has 1 aromatic heterocycles. The van der Waals surface area contributed by atoms with E-state index in [9.17, 15) is 9.59 Å². The van der Waals surface area contributed by atoms with Crippen LogP contribution in [0.15, 0.2) is 24.3 Å². The lowest BCUT2D eigenvalue weighted by Crippen LogP contribution is -2.39. The first-order chi connectivity index (χ1) is 14.5. The van der Waals surface area contributed by atoms with Crippen molar-refractivity contribution in [3.63, 3.8) is 0 Å². The van der Waals surface area contributed by atoms with Crippen molar-refractivity contribution in [2.45, 2.75) is 39.0 Å². The second-order valence-electron chi connectivity index (χ2n) is 8.27. The lowest BCUT2D eigenvalue weighted by molar-refractivity contribution is -0.117. The first-order valence-electron chi connectivity index (χ1n) is 10.7. The Bertz CT molecular complexity index is 923. The molecular formula is C23H29N3O3S. The van der Waals surface area contributed by atoms with Crippen LogP contribution in [0.3, 0.4) is 0 Å². The molecule has 1 aliphatic carbocycles. The number of piperidine rings is 1. The highest BCUT2D eigenvalue weighted by Gasteiger charge is 2.28. The monoisotopic (exact) mass is 427 g/mol. The van der Waals surface area contributed by atoms with Crippen molar-refractivity contribution in [3.05, 3.63) is 40.3 Å². The summed E-state index contributed by atoms with van der Waals surface area (Å²) in [4.78, 5) is 29.3. The number of hydrogen-bond acceptors (Lipinski definition) is 5. The van der Waals surface area contributed by atoms with Crippen molar-refractivity contribution >= 4 is 33.8 Å². The van der Waals surface area contributed by atoms with Gasteiger partial charge in [-0.05, 0) is 74.4 Å². The summed E-state index contributed by atoms with van der Waals surface area (Å²) in [6.45, 7) is 4.53. The van der Waals surface area contributed by atoms with Gasteiger partial charge in [-0.3, -0.25) is 14.5 Å². The van der Waals surface area contributed by atoms with E-state index in [1.807, 2.05) is 24.3 Å². The molecule has 0 saturated carbocycles. The molecule has 0 unspecified atom stereocenters. The maximum absolute atomic E-state index is 13.1. The number of aryl methyl sites for hydroxylation is 1. The van der Waals surface area contributed by atoms with Crippen LogP contribution in [-0.2, 0) is 17.6 Å². The van der Waals surface area contributed by atoms with Gasteiger partial charge < -0.3 is 15.4 Å². The largest absolute Gasteiger partial charge is 0.497 e. The Morgan fingerprint density at radius 2 is 1.97 bits per heavy atom. The van der Waals surface area contributed by atoms with Crippen LogP contribution in [0.1, 0.15) is 47.0 Å². The first kappa shape index (κ1) is 20.9. The Labute approximate surface area is 181 Å². The third kappa shape index (κ3) is 4.68. The van der Waals surface area contributed by atoms with E-state index in [1.54, 1.807) is 18.4 Å². The molecule has 30 heavy (non-hydrogen) atoms. The molecule has 2 N–H and O–H groups in total. The van der Waals surface area contributed by atoms with E-state index in [0.29, 0.717) is 28.7 Å². The zero-order valence-corrected chi connectivity index (χ0v) is 18.4. The van der Waals surface area contributed by atoms with Crippen molar-refractivity contribution in [1.82, 2.24) is 4.90 Å². The predicted octanol–water partition coefficient (Wildman–Crippen LogP) is 4.17. The van der Waals surface area contributed by atoms with Crippen LogP contribution in [0, 0.1) is 5.92 Å². The van der Waals surface area contributed by atoms with E-state index in [1.165, 1.54) is 11.3 Å². The summed E-state index contributed by atoms with van der Waals surface area (Å²) in [5.41, 5.74) is 2.43. The molecular weight excluding hydrogens is 398 g/mol. The van der Waals surface area contributed by atoms with E-state index in [2.05, 4.69) is 22.5 Å². The molecule has 6 nitrogen and oxygen atoms in total. The van der Waals surface area contributed by atoms with Crippen LogP contribution < -0.4 is 15.4 Å². The highest BCUT2D eigenvalue weighted by atomic mass is 32.1. The smallest absolute Gasteiger partial charge is 0.258 e. The van der Waals surface area contributed by atoms with E-state index >= 15 is 0 Å². The molecule has 4 rings (SSSR count). The summed E-state index contributed by atoms with van der Waals surface area (Å²) in [5.74, 6) is 1.16. The third-order valence-corrected chi connectivity index (χ3v) is 7.06. The van der Waals surface area contributed by atoms with Crippen LogP contribution >= 0.6 is 11.3 Å². The molecule has 1 atom stereocenters. The molecule has 1 fully saturated rings. The highest BCUT2D eigenvalue weighted by Crippen LogP contribution is 2.39. The summed E-state index contributed by atoms with van der Waals surface area (Å²) in [5, 5.41) is 6.70. The number of nitrogens with one attached hydrogen (secondary N) is 2. The standard InChI is InChI=1S/C23H29N3O3S/c1-15-5-4-12-26(13-15)14-20(27)25-23-21(18-6-3-7-19(18)30-23)22(28)24-16-8-10-17(29-2)11-9-16/h8-11,15H,3-7,12-14H2,1-2H3,(H,24,28)(H,25,27)/t15-/m0/s1. The Hall–Kier alpha value is -2.38. The molecule has 1 aromatic carbocycles. The number of methoxy groups -OCH3 is 1. The van der Waals surface area contributed by atoms with Gasteiger partial charge in [0.15, 0.2) is 0 Å². The summed E-state index contributed by atoms with van der Waals surface area (Å²) < 4.78 is 5.18. The Morgan fingerprint density at radius 3 is 2.70 bits per heavy atom. The number of amides is 2. The molecule has 1 aliphatic heterocycles. The molecule has 2 heterocycles. The zero-order valence-electron chi connectivity index (χ0n) is 17.6. The molecule has 2 amide bonds. The third-order valence-electron chi connectivity index (χ3n) is 5.86. The molecule has 7 heteroatoms. The Morgan fingerprint density at radius 1 is 1.17 bits per heavy atom. The number of ether oxygens (including phenoxy) is 1. The van der Waals surface area contributed by atoms with Crippen LogP contribution in [0.2, 0.25) is 0 Å². The van der Waals surface area contributed by atoms with E-state index < -0.39 is 0 Å². The first-order valence-corrected chi connectivity index (χ1v) is 11.5. The van der Waals surface area contributed by atoms with Gasteiger partial charge in [0.05, 0.1) is 19.2 Å². The molecule has 0 bridgehead atoms. The number of hydrogen-bond donors (Lipinski definition) is 2. The second-order valence-corrected chi connectivity index (χ2v) is 9.38. The molecule has 0 spiro atoms. The van der Waals surface area contributed by atoms with Gasteiger partial charge in [-0.25, -0.2) is 0 Å². The van der Waals surface area contributed by atoms with E-state index in [-0.39, 0.29) is 11.8 Å².